The largest absolute Gasteiger partial charge is 0.497 e. The molecule has 1 amide bonds. The van der Waals surface area contributed by atoms with E-state index >= 15 is 0 Å². The Bertz CT molecular complexity index is 669. The number of hydrogen-bond donors (Lipinski definition) is 0. The van der Waals surface area contributed by atoms with Crippen LogP contribution in [0.4, 0.5) is 0 Å². The molecule has 1 heterocycles. The molecule has 0 fully saturated rings. The average Bonchev–Trinajstić information content (AvgIpc) is 2.60. The number of fused-ring (bicyclic) bond motifs is 1. The summed E-state index contributed by atoms with van der Waals surface area (Å²) in [5.41, 5.74) is 1.33. The number of carbonyl (C=O) groups excluding carboxylic acids is 1. The van der Waals surface area contributed by atoms with Crippen LogP contribution >= 0.6 is 0 Å². The summed E-state index contributed by atoms with van der Waals surface area (Å²) in [4.78, 5) is 19.4. The number of pyridine rings is 1. The molecule has 0 N–H and O–H groups in total. The van der Waals surface area contributed by atoms with E-state index in [1.807, 2.05) is 35.2 Å². The Morgan fingerprint density at radius 3 is 2.70 bits per heavy atom. The lowest BCUT2D eigenvalue weighted by Crippen LogP contribution is -2.39. The quantitative estimate of drug-likeness (QED) is 0.766. The van der Waals surface area contributed by atoms with Gasteiger partial charge in [-0.2, -0.15) is 0 Å². The zero-order chi connectivity index (χ0) is 16.8. The monoisotopic (exact) mass is 314 g/mol. The van der Waals surface area contributed by atoms with Crippen LogP contribution in [0.3, 0.4) is 0 Å². The molecule has 0 bridgehead atoms. The Balaban J connectivity index is 2.30. The van der Waals surface area contributed by atoms with Gasteiger partial charge >= 0.3 is 0 Å². The molecule has 1 aromatic heterocycles. The number of nitrogens with zero attached hydrogens (tertiary/aromatic N) is 2. The van der Waals surface area contributed by atoms with Gasteiger partial charge in [0.05, 0.1) is 12.6 Å². The summed E-state index contributed by atoms with van der Waals surface area (Å²) in [5.74, 6) is 0.813. The van der Waals surface area contributed by atoms with E-state index in [4.69, 9.17) is 4.74 Å². The predicted molar refractivity (Wildman–Crippen MR) is 94.0 cm³/mol. The summed E-state index contributed by atoms with van der Waals surface area (Å²) in [6.07, 6.45) is 3.03. The van der Waals surface area contributed by atoms with Crippen LogP contribution in [0.2, 0.25) is 0 Å². The van der Waals surface area contributed by atoms with Gasteiger partial charge in [0.15, 0.2) is 0 Å². The highest BCUT2D eigenvalue weighted by molar-refractivity contribution is 5.95. The van der Waals surface area contributed by atoms with Crippen molar-refractivity contribution in [3.05, 3.63) is 36.0 Å². The molecule has 0 radical (unpaired) electrons. The molecule has 2 aromatic rings. The summed E-state index contributed by atoms with van der Waals surface area (Å²) < 4.78 is 5.23. The van der Waals surface area contributed by atoms with Gasteiger partial charge < -0.3 is 9.64 Å². The Labute approximate surface area is 138 Å². The number of methoxy groups -OCH3 is 1. The van der Waals surface area contributed by atoms with Crippen LogP contribution in [0.25, 0.3) is 10.9 Å². The van der Waals surface area contributed by atoms with E-state index in [1.165, 1.54) is 0 Å². The molecule has 1 aromatic carbocycles. The zero-order valence-electron chi connectivity index (χ0n) is 14.5. The summed E-state index contributed by atoms with van der Waals surface area (Å²) in [7, 11) is 1.64. The van der Waals surface area contributed by atoms with Crippen molar-refractivity contribution in [2.24, 2.45) is 0 Å². The summed E-state index contributed by atoms with van der Waals surface area (Å²) >= 11 is 0. The van der Waals surface area contributed by atoms with E-state index in [2.05, 4.69) is 25.8 Å². The van der Waals surface area contributed by atoms with Gasteiger partial charge in [-0.1, -0.05) is 26.3 Å². The van der Waals surface area contributed by atoms with Gasteiger partial charge in [0.2, 0.25) is 0 Å². The Morgan fingerprint density at radius 2 is 2.04 bits per heavy atom. The van der Waals surface area contributed by atoms with E-state index in [9.17, 15) is 4.79 Å². The smallest absolute Gasteiger partial charge is 0.272 e. The Hall–Kier alpha value is -2.10. The standard InChI is InChI=1S/C19H26N2O2/c1-5-7-12-21(14(3)6-2)19(22)18-10-8-15-13-16(23-4)9-11-17(15)20-18/h8-11,13-14H,5-7,12H2,1-4H3. The maximum atomic E-state index is 12.9. The highest BCUT2D eigenvalue weighted by Crippen LogP contribution is 2.20. The maximum Gasteiger partial charge on any atom is 0.272 e. The normalized spacial score (nSPS) is 12.2. The SMILES string of the molecule is CCCCN(C(=O)c1ccc2cc(OC)ccc2n1)C(C)CC. The summed E-state index contributed by atoms with van der Waals surface area (Å²) in [6, 6.07) is 9.66. The number of aromatic nitrogens is 1. The molecule has 1 unspecified atom stereocenters. The minimum Gasteiger partial charge on any atom is -0.497 e. The van der Waals surface area contributed by atoms with Gasteiger partial charge in [0, 0.05) is 18.0 Å². The molecule has 2 rings (SSSR count). The van der Waals surface area contributed by atoms with Gasteiger partial charge in [-0.25, -0.2) is 4.98 Å². The predicted octanol–water partition coefficient (Wildman–Crippen LogP) is 4.28. The number of rotatable bonds is 7. The number of benzene rings is 1. The molecule has 124 valence electrons. The molecular formula is C19H26N2O2. The van der Waals surface area contributed by atoms with Crippen molar-refractivity contribution in [1.82, 2.24) is 9.88 Å². The van der Waals surface area contributed by atoms with Crippen molar-refractivity contribution < 1.29 is 9.53 Å². The Morgan fingerprint density at radius 1 is 1.26 bits per heavy atom. The first kappa shape index (κ1) is 17.3. The van der Waals surface area contributed by atoms with Crippen LogP contribution in [0.5, 0.6) is 5.75 Å². The lowest BCUT2D eigenvalue weighted by atomic mass is 10.1. The molecule has 0 aliphatic rings. The summed E-state index contributed by atoms with van der Waals surface area (Å²) in [6.45, 7) is 7.13. The lowest BCUT2D eigenvalue weighted by Gasteiger charge is -2.28. The molecule has 0 saturated carbocycles. The minimum atomic E-state index is 0.0190. The van der Waals surface area contributed by atoms with Crippen LogP contribution in [0.1, 0.15) is 50.5 Å². The van der Waals surface area contributed by atoms with Crippen LogP contribution < -0.4 is 4.74 Å². The fourth-order valence-corrected chi connectivity index (χ4v) is 2.57. The van der Waals surface area contributed by atoms with Gasteiger partial charge in [0.1, 0.15) is 11.4 Å². The van der Waals surface area contributed by atoms with Crippen molar-refractivity contribution in [3.63, 3.8) is 0 Å². The molecule has 1 atom stereocenters. The first-order valence-electron chi connectivity index (χ1n) is 8.36. The first-order chi connectivity index (χ1) is 11.1. The van der Waals surface area contributed by atoms with Crippen molar-refractivity contribution in [2.45, 2.75) is 46.1 Å². The zero-order valence-corrected chi connectivity index (χ0v) is 14.5. The van der Waals surface area contributed by atoms with Crippen molar-refractivity contribution in [2.75, 3.05) is 13.7 Å². The Kier molecular flexibility index (Phi) is 5.97. The van der Waals surface area contributed by atoms with E-state index in [1.54, 1.807) is 7.11 Å². The fraction of sp³-hybridized carbons (Fsp3) is 0.474. The highest BCUT2D eigenvalue weighted by atomic mass is 16.5. The third-order valence-corrected chi connectivity index (χ3v) is 4.25. The van der Waals surface area contributed by atoms with Crippen molar-refractivity contribution in [3.8, 4) is 5.75 Å². The molecular weight excluding hydrogens is 288 g/mol. The second kappa shape index (κ2) is 7.95. The first-order valence-corrected chi connectivity index (χ1v) is 8.36. The van der Waals surface area contributed by atoms with Gasteiger partial charge in [-0.3, -0.25) is 4.79 Å². The van der Waals surface area contributed by atoms with Gasteiger partial charge in [-0.05, 0) is 44.0 Å². The molecule has 0 aliphatic carbocycles. The lowest BCUT2D eigenvalue weighted by molar-refractivity contribution is 0.0679. The fourth-order valence-electron chi connectivity index (χ4n) is 2.57. The van der Waals surface area contributed by atoms with Crippen LogP contribution in [0, 0.1) is 0 Å². The van der Waals surface area contributed by atoms with Crippen LogP contribution in [0.15, 0.2) is 30.3 Å². The minimum absolute atomic E-state index is 0.0190. The number of hydrogen-bond acceptors (Lipinski definition) is 3. The van der Waals surface area contributed by atoms with Crippen molar-refractivity contribution in [1.29, 1.82) is 0 Å². The van der Waals surface area contributed by atoms with E-state index in [-0.39, 0.29) is 11.9 Å². The topological polar surface area (TPSA) is 42.4 Å². The highest BCUT2D eigenvalue weighted by Gasteiger charge is 2.21. The van der Waals surface area contributed by atoms with Crippen molar-refractivity contribution >= 4 is 16.8 Å². The average molecular weight is 314 g/mol. The number of amides is 1. The number of carbonyl (C=O) groups is 1. The number of ether oxygens (including phenoxy) is 1. The summed E-state index contributed by atoms with van der Waals surface area (Å²) in [5, 5.41) is 0.976. The van der Waals surface area contributed by atoms with Crippen LogP contribution in [-0.2, 0) is 0 Å². The van der Waals surface area contributed by atoms with E-state index in [0.29, 0.717) is 5.69 Å². The molecule has 23 heavy (non-hydrogen) atoms. The van der Waals surface area contributed by atoms with E-state index in [0.717, 1.165) is 42.5 Å². The second-order valence-corrected chi connectivity index (χ2v) is 5.86. The maximum absolute atomic E-state index is 12.9. The van der Waals surface area contributed by atoms with Gasteiger partial charge in [-0.15, -0.1) is 0 Å². The molecule has 0 aliphatic heterocycles. The molecule has 0 spiro atoms. The van der Waals surface area contributed by atoms with Crippen LogP contribution in [-0.4, -0.2) is 35.5 Å². The second-order valence-electron chi connectivity index (χ2n) is 5.86. The van der Waals surface area contributed by atoms with Gasteiger partial charge in [0.25, 0.3) is 5.91 Å². The molecule has 4 nitrogen and oxygen atoms in total. The molecule has 0 saturated heterocycles. The number of unbranched alkanes of at least 4 members (excludes halogenated alkanes) is 1. The molecule has 4 heteroatoms. The third kappa shape index (κ3) is 4.01. The van der Waals surface area contributed by atoms with E-state index < -0.39 is 0 Å². The third-order valence-electron chi connectivity index (χ3n) is 4.25.